The number of alkyl halides is 1. The molecule has 0 amide bonds. The number of aromatic nitrogens is 2. The van der Waals surface area contributed by atoms with Crippen LogP contribution in [-0.2, 0) is 18.6 Å². The minimum atomic E-state index is -1.81. The maximum absolute atomic E-state index is 15.3. The third kappa shape index (κ3) is 5.83. The van der Waals surface area contributed by atoms with Gasteiger partial charge in [-0.15, -0.1) is 0 Å². The fourth-order valence-electron chi connectivity index (χ4n) is 3.35. The molecule has 3 rings (SSSR count). The fourth-order valence-corrected chi connectivity index (χ4v) is 3.35. The number of benzene rings is 1. The predicted molar refractivity (Wildman–Crippen MR) is 125 cm³/mol. The Hall–Kier alpha value is -3.99. The van der Waals surface area contributed by atoms with E-state index in [0.29, 0.717) is 18.1 Å². The molecule has 0 aliphatic carbocycles. The molecule has 0 fully saturated rings. The van der Waals surface area contributed by atoms with E-state index in [1.165, 1.54) is 25.3 Å². The van der Waals surface area contributed by atoms with Gasteiger partial charge in [0.15, 0.2) is 11.5 Å². The number of rotatable bonds is 9. The second kappa shape index (κ2) is 10.1. The van der Waals surface area contributed by atoms with Crippen LogP contribution in [0.5, 0.6) is 0 Å². The quantitative estimate of drug-likeness (QED) is 0.445. The standard InChI is InChI=1S/C25H26F2N6/c1-16(31-14-19-8-10-23(29)33-17(19)2)12-20-18(13-28)7-9-21(24(20)26)32-15-25(3,27)22-6-4-5-11-30-22/h4-11,31-32H,1,12,14-15H2,2-3H3,(H2,29,33). The van der Waals surface area contributed by atoms with Gasteiger partial charge in [-0.1, -0.05) is 18.7 Å². The van der Waals surface area contributed by atoms with Gasteiger partial charge in [0.2, 0.25) is 0 Å². The van der Waals surface area contributed by atoms with Crippen LogP contribution in [0.25, 0.3) is 0 Å². The van der Waals surface area contributed by atoms with E-state index in [1.807, 2.05) is 19.1 Å². The third-order valence-electron chi connectivity index (χ3n) is 5.31. The van der Waals surface area contributed by atoms with Crippen LogP contribution < -0.4 is 16.4 Å². The number of pyridine rings is 2. The van der Waals surface area contributed by atoms with E-state index >= 15 is 8.78 Å². The lowest BCUT2D eigenvalue weighted by atomic mass is 10.0. The van der Waals surface area contributed by atoms with E-state index in [2.05, 4.69) is 27.2 Å². The number of nitriles is 1. The van der Waals surface area contributed by atoms with Gasteiger partial charge in [-0.2, -0.15) is 5.26 Å². The first-order valence-electron chi connectivity index (χ1n) is 10.4. The average molecular weight is 449 g/mol. The Morgan fingerprint density at radius 2 is 2.03 bits per heavy atom. The SMILES string of the molecule is C=C(Cc1c(C#N)ccc(NCC(C)(F)c2ccccn2)c1F)NCc1ccc(N)nc1C. The van der Waals surface area contributed by atoms with Crippen molar-refractivity contribution in [2.45, 2.75) is 32.5 Å². The third-order valence-corrected chi connectivity index (χ3v) is 5.31. The van der Waals surface area contributed by atoms with Gasteiger partial charge in [0.25, 0.3) is 0 Å². The average Bonchev–Trinajstić information content (AvgIpc) is 2.79. The molecular weight excluding hydrogens is 422 g/mol. The van der Waals surface area contributed by atoms with Gasteiger partial charge in [-0.05, 0) is 49.7 Å². The number of hydrogen-bond donors (Lipinski definition) is 3. The zero-order chi connectivity index (χ0) is 24.0. The van der Waals surface area contributed by atoms with Crippen LogP contribution in [0.2, 0.25) is 0 Å². The van der Waals surface area contributed by atoms with Crippen LogP contribution >= 0.6 is 0 Å². The summed E-state index contributed by atoms with van der Waals surface area (Å²) in [4.78, 5) is 8.26. The fraction of sp³-hybridized carbons (Fsp3) is 0.240. The van der Waals surface area contributed by atoms with Crippen molar-refractivity contribution >= 4 is 11.5 Å². The Balaban J connectivity index is 1.72. The van der Waals surface area contributed by atoms with Crippen molar-refractivity contribution < 1.29 is 8.78 Å². The van der Waals surface area contributed by atoms with Gasteiger partial charge in [-0.3, -0.25) is 4.98 Å². The molecule has 6 nitrogen and oxygen atoms in total. The van der Waals surface area contributed by atoms with Gasteiger partial charge in [0.1, 0.15) is 5.82 Å². The summed E-state index contributed by atoms with van der Waals surface area (Å²) < 4.78 is 30.4. The number of aryl methyl sites for hydroxylation is 1. The van der Waals surface area contributed by atoms with Crippen molar-refractivity contribution in [3.8, 4) is 6.07 Å². The highest BCUT2D eigenvalue weighted by molar-refractivity contribution is 5.55. The second-order valence-electron chi connectivity index (χ2n) is 7.95. The topological polar surface area (TPSA) is 99.7 Å². The lowest BCUT2D eigenvalue weighted by Gasteiger charge is -2.22. The van der Waals surface area contributed by atoms with Gasteiger partial charge < -0.3 is 16.4 Å². The summed E-state index contributed by atoms with van der Waals surface area (Å²) in [5.41, 5.74) is 6.85. The van der Waals surface area contributed by atoms with Crippen LogP contribution in [-0.4, -0.2) is 16.5 Å². The maximum Gasteiger partial charge on any atom is 0.166 e. The number of anilines is 2. The van der Waals surface area contributed by atoms with Crippen molar-refractivity contribution in [3.63, 3.8) is 0 Å². The number of allylic oxidation sites excluding steroid dienone is 1. The van der Waals surface area contributed by atoms with Crippen LogP contribution in [0, 0.1) is 24.1 Å². The summed E-state index contributed by atoms with van der Waals surface area (Å²) in [6.45, 7) is 7.44. The van der Waals surface area contributed by atoms with Crippen LogP contribution in [0.1, 0.15) is 35.0 Å². The molecule has 2 aromatic heterocycles. The molecule has 0 saturated heterocycles. The van der Waals surface area contributed by atoms with E-state index in [9.17, 15) is 5.26 Å². The van der Waals surface area contributed by atoms with E-state index in [0.717, 1.165) is 11.3 Å². The van der Waals surface area contributed by atoms with Gasteiger partial charge >= 0.3 is 0 Å². The highest BCUT2D eigenvalue weighted by atomic mass is 19.1. The Bertz CT molecular complexity index is 1190. The van der Waals surface area contributed by atoms with Gasteiger partial charge in [-0.25, -0.2) is 13.8 Å². The molecule has 0 aliphatic heterocycles. The summed E-state index contributed by atoms with van der Waals surface area (Å²) in [6, 6.07) is 13.5. The van der Waals surface area contributed by atoms with Crippen LogP contribution in [0.4, 0.5) is 20.3 Å². The van der Waals surface area contributed by atoms with Gasteiger partial charge in [0.05, 0.1) is 29.6 Å². The lowest BCUT2D eigenvalue weighted by molar-refractivity contribution is 0.203. The molecule has 4 N–H and O–H groups in total. The second-order valence-corrected chi connectivity index (χ2v) is 7.95. The molecule has 1 atom stereocenters. The molecule has 170 valence electrons. The zero-order valence-corrected chi connectivity index (χ0v) is 18.6. The summed E-state index contributed by atoms with van der Waals surface area (Å²) >= 11 is 0. The number of nitrogens with zero attached hydrogens (tertiary/aromatic N) is 3. The number of halogens is 2. The van der Waals surface area contributed by atoms with Crippen LogP contribution in [0.3, 0.4) is 0 Å². The Kier molecular flexibility index (Phi) is 7.23. The molecule has 2 heterocycles. The zero-order valence-electron chi connectivity index (χ0n) is 18.6. The van der Waals surface area contributed by atoms with Crippen molar-refractivity contribution in [1.82, 2.24) is 15.3 Å². The molecule has 1 aromatic carbocycles. The molecule has 8 heteroatoms. The summed E-state index contributed by atoms with van der Waals surface area (Å²) in [5.74, 6) is -0.174. The summed E-state index contributed by atoms with van der Waals surface area (Å²) in [7, 11) is 0. The first-order chi connectivity index (χ1) is 15.7. The Labute approximate surface area is 192 Å². The van der Waals surface area contributed by atoms with E-state index in [-0.39, 0.29) is 35.5 Å². The maximum atomic E-state index is 15.3. The minimum Gasteiger partial charge on any atom is -0.384 e. The molecule has 1 unspecified atom stereocenters. The molecule has 0 aliphatic rings. The molecule has 0 radical (unpaired) electrons. The number of nitrogens with two attached hydrogens (primary N) is 1. The van der Waals surface area contributed by atoms with Crippen molar-refractivity contribution in [2.24, 2.45) is 0 Å². The molecule has 0 bridgehead atoms. The Morgan fingerprint density at radius 3 is 2.70 bits per heavy atom. The first-order valence-corrected chi connectivity index (χ1v) is 10.4. The molecule has 0 spiro atoms. The summed E-state index contributed by atoms with van der Waals surface area (Å²) in [6.07, 6.45) is 1.60. The van der Waals surface area contributed by atoms with E-state index in [1.54, 1.807) is 24.3 Å². The molecule has 3 aromatic rings. The summed E-state index contributed by atoms with van der Waals surface area (Å²) in [5, 5.41) is 15.4. The minimum absolute atomic E-state index is 0.0961. The van der Waals surface area contributed by atoms with Crippen molar-refractivity contribution in [3.05, 3.63) is 94.8 Å². The largest absolute Gasteiger partial charge is 0.384 e. The predicted octanol–water partition coefficient (Wildman–Crippen LogP) is 4.52. The molecule has 33 heavy (non-hydrogen) atoms. The molecular formula is C25H26F2N6. The smallest absolute Gasteiger partial charge is 0.166 e. The normalized spacial score (nSPS) is 12.5. The van der Waals surface area contributed by atoms with E-state index in [4.69, 9.17) is 5.73 Å². The van der Waals surface area contributed by atoms with Crippen molar-refractivity contribution in [2.75, 3.05) is 17.6 Å². The lowest BCUT2D eigenvalue weighted by Crippen LogP contribution is -2.27. The molecule has 0 saturated carbocycles. The number of nitrogen functional groups attached to an aromatic ring is 1. The first kappa shape index (κ1) is 23.7. The van der Waals surface area contributed by atoms with Gasteiger partial charge in [0, 0.05) is 36.1 Å². The van der Waals surface area contributed by atoms with Crippen molar-refractivity contribution in [1.29, 1.82) is 5.26 Å². The monoisotopic (exact) mass is 448 g/mol. The Morgan fingerprint density at radius 1 is 1.24 bits per heavy atom. The number of hydrogen-bond acceptors (Lipinski definition) is 6. The highest BCUT2D eigenvalue weighted by Gasteiger charge is 2.27. The van der Waals surface area contributed by atoms with Crippen LogP contribution in [0.15, 0.2) is 60.9 Å². The van der Waals surface area contributed by atoms with E-state index < -0.39 is 11.5 Å². The highest BCUT2D eigenvalue weighted by Crippen LogP contribution is 2.27. The number of nitrogens with one attached hydrogen (secondary N) is 2.